The zero-order valence-electron chi connectivity index (χ0n) is 12.0. The van der Waals surface area contributed by atoms with Crippen LogP contribution < -0.4 is 15.2 Å². The van der Waals surface area contributed by atoms with Crippen molar-refractivity contribution >= 4 is 11.7 Å². The van der Waals surface area contributed by atoms with Gasteiger partial charge in [0.1, 0.15) is 0 Å². The van der Waals surface area contributed by atoms with Crippen molar-refractivity contribution in [2.45, 2.75) is 0 Å². The molecular formula is C15H13N3O4. The van der Waals surface area contributed by atoms with Crippen LogP contribution in [0.1, 0.15) is 10.4 Å². The van der Waals surface area contributed by atoms with E-state index < -0.39 is 28.9 Å². The molecule has 22 heavy (non-hydrogen) atoms. The Bertz CT molecular complexity index is 731. The summed E-state index contributed by atoms with van der Waals surface area (Å²) in [6, 6.07) is 8.22. The summed E-state index contributed by atoms with van der Waals surface area (Å²) < 4.78 is 10.3. The smallest absolute Gasteiger partial charge is 0.240 e. The van der Waals surface area contributed by atoms with Crippen LogP contribution in [0.25, 0.3) is 0 Å². The normalized spacial score (nSPS) is 25.5. The van der Waals surface area contributed by atoms with E-state index in [1.54, 1.807) is 18.2 Å². The summed E-state index contributed by atoms with van der Waals surface area (Å²) in [4.78, 5) is 24.2. The number of hydrogen-bond acceptors (Lipinski definition) is 6. The number of amides is 1. The fourth-order valence-corrected chi connectivity index (χ4v) is 2.67. The highest BCUT2D eigenvalue weighted by molar-refractivity contribution is 6.09. The average Bonchev–Trinajstić information content (AvgIpc) is 3.22. The standard InChI is InChI=1S/C15H13N3O4/c1-21-10-5-3-4-8(13(10)22-2)12(19)11-9(6-16)15(11,7-17)14(18)20/h3-5,9,11H,1-2H3,(H2,18,20). The van der Waals surface area contributed by atoms with Crippen molar-refractivity contribution in [2.24, 2.45) is 23.0 Å². The lowest BCUT2D eigenvalue weighted by atomic mass is 9.98. The predicted molar refractivity (Wildman–Crippen MR) is 73.7 cm³/mol. The number of ketones is 1. The Morgan fingerprint density at radius 2 is 1.95 bits per heavy atom. The first-order chi connectivity index (χ1) is 10.5. The molecule has 7 nitrogen and oxygen atoms in total. The molecular weight excluding hydrogens is 286 g/mol. The van der Waals surface area contributed by atoms with Gasteiger partial charge in [-0.1, -0.05) is 6.07 Å². The monoisotopic (exact) mass is 299 g/mol. The maximum atomic E-state index is 12.7. The summed E-state index contributed by atoms with van der Waals surface area (Å²) in [6.07, 6.45) is 0. The van der Waals surface area contributed by atoms with Crippen LogP contribution in [0.3, 0.4) is 0 Å². The number of carbonyl (C=O) groups excluding carboxylic acids is 2. The van der Waals surface area contributed by atoms with Crippen LogP contribution in [0.4, 0.5) is 0 Å². The van der Waals surface area contributed by atoms with Crippen LogP contribution in [0.15, 0.2) is 18.2 Å². The number of para-hydroxylation sites is 1. The maximum Gasteiger partial charge on any atom is 0.240 e. The lowest BCUT2D eigenvalue weighted by molar-refractivity contribution is -0.121. The van der Waals surface area contributed by atoms with Crippen LogP contribution >= 0.6 is 0 Å². The Morgan fingerprint density at radius 1 is 1.27 bits per heavy atom. The molecule has 1 aromatic carbocycles. The number of methoxy groups -OCH3 is 2. The van der Waals surface area contributed by atoms with Crippen molar-refractivity contribution in [1.82, 2.24) is 0 Å². The zero-order chi connectivity index (χ0) is 16.5. The molecule has 0 saturated heterocycles. The summed E-state index contributed by atoms with van der Waals surface area (Å²) in [6.45, 7) is 0. The molecule has 0 heterocycles. The largest absolute Gasteiger partial charge is 0.493 e. The number of nitriles is 2. The fraction of sp³-hybridized carbons (Fsp3) is 0.333. The van der Waals surface area contributed by atoms with E-state index in [9.17, 15) is 14.9 Å². The first-order valence-electron chi connectivity index (χ1n) is 6.35. The first kappa shape index (κ1) is 15.3. The van der Waals surface area contributed by atoms with Gasteiger partial charge in [0.2, 0.25) is 5.91 Å². The summed E-state index contributed by atoms with van der Waals surface area (Å²) >= 11 is 0. The number of Topliss-reactive ketones (excluding diaryl/α,β-unsaturated/α-hetero) is 1. The summed E-state index contributed by atoms with van der Waals surface area (Å²) in [5, 5.41) is 18.3. The van der Waals surface area contributed by atoms with E-state index in [0.29, 0.717) is 5.75 Å². The molecule has 0 radical (unpaired) electrons. The second-order valence-corrected chi connectivity index (χ2v) is 4.83. The van der Waals surface area contributed by atoms with Gasteiger partial charge in [-0.25, -0.2) is 0 Å². The minimum Gasteiger partial charge on any atom is -0.493 e. The van der Waals surface area contributed by atoms with Gasteiger partial charge in [-0.2, -0.15) is 10.5 Å². The second kappa shape index (κ2) is 5.38. The van der Waals surface area contributed by atoms with Gasteiger partial charge in [0.15, 0.2) is 22.7 Å². The fourth-order valence-electron chi connectivity index (χ4n) is 2.67. The van der Waals surface area contributed by atoms with E-state index in [1.807, 2.05) is 6.07 Å². The lowest BCUT2D eigenvalue weighted by Crippen LogP contribution is -2.28. The van der Waals surface area contributed by atoms with Crippen LogP contribution in [0, 0.1) is 39.9 Å². The number of ether oxygens (including phenoxy) is 2. The average molecular weight is 299 g/mol. The van der Waals surface area contributed by atoms with E-state index in [4.69, 9.17) is 20.5 Å². The Balaban J connectivity index is 2.49. The number of hydrogen-bond donors (Lipinski definition) is 1. The molecule has 1 aliphatic carbocycles. The molecule has 0 aliphatic heterocycles. The molecule has 2 N–H and O–H groups in total. The minimum atomic E-state index is -1.78. The van der Waals surface area contributed by atoms with Gasteiger partial charge in [-0.3, -0.25) is 9.59 Å². The van der Waals surface area contributed by atoms with E-state index in [1.165, 1.54) is 20.3 Å². The van der Waals surface area contributed by atoms with Crippen molar-refractivity contribution in [3.63, 3.8) is 0 Å². The molecule has 0 aromatic heterocycles. The molecule has 2 rings (SSSR count). The van der Waals surface area contributed by atoms with Gasteiger partial charge < -0.3 is 15.2 Å². The molecule has 1 aliphatic rings. The Kier molecular flexibility index (Phi) is 3.75. The van der Waals surface area contributed by atoms with E-state index in [2.05, 4.69) is 0 Å². The molecule has 1 aromatic rings. The Labute approximate surface area is 126 Å². The van der Waals surface area contributed by atoms with E-state index in [-0.39, 0.29) is 11.3 Å². The summed E-state index contributed by atoms with van der Waals surface area (Å²) in [7, 11) is 2.79. The quantitative estimate of drug-likeness (QED) is 0.795. The molecule has 0 bridgehead atoms. The maximum absolute atomic E-state index is 12.7. The predicted octanol–water partition coefficient (Wildman–Crippen LogP) is 0.651. The van der Waals surface area contributed by atoms with E-state index >= 15 is 0 Å². The number of carbonyl (C=O) groups is 2. The summed E-state index contributed by atoms with van der Waals surface area (Å²) in [5.74, 6) is -3.14. The molecule has 3 unspecified atom stereocenters. The van der Waals surface area contributed by atoms with Crippen molar-refractivity contribution < 1.29 is 19.1 Å². The van der Waals surface area contributed by atoms with Gasteiger partial charge in [0, 0.05) is 0 Å². The molecule has 1 saturated carbocycles. The molecule has 1 amide bonds. The SMILES string of the molecule is COc1cccc(C(=O)C2C(C#N)C2(C#N)C(N)=O)c1OC. The highest BCUT2D eigenvalue weighted by Gasteiger charge is 2.74. The third kappa shape index (κ3) is 1.87. The molecule has 3 atom stereocenters. The summed E-state index contributed by atoms with van der Waals surface area (Å²) in [5.41, 5.74) is 3.59. The van der Waals surface area contributed by atoms with Gasteiger partial charge in [-0.15, -0.1) is 0 Å². The molecule has 112 valence electrons. The van der Waals surface area contributed by atoms with Gasteiger partial charge in [0.05, 0.1) is 43.8 Å². The van der Waals surface area contributed by atoms with Gasteiger partial charge >= 0.3 is 0 Å². The van der Waals surface area contributed by atoms with Crippen molar-refractivity contribution in [2.75, 3.05) is 14.2 Å². The zero-order valence-corrected chi connectivity index (χ0v) is 12.0. The minimum absolute atomic E-state index is 0.144. The topological polar surface area (TPSA) is 126 Å². The third-order valence-corrected chi connectivity index (χ3v) is 3.89. The number of primary amides is 1. The number of rotatable bonds is 5. The van der Waals surface area contributed by atoms with Crippen LogP contribution in [0.5, 0.6) is 11.5 Å². The van der Waals surface area contributed by atoms with Crippen LogP contribution in [-0.2, 0) is 4.79 Å². The number of benzene rings is 1. The first-order valence-corrected chi connectivity index (χ1v) is 6.35. The highest BCUT2D eigenvalue weighted by Crippen LogP contribution is 2.59. The highest BCUT2D eigenvalue weighted by atomic mass is 16.5. The molecule has 0 spiro atoms. The van der Waals surface area contributed by atoms with Crippen molar-refractivity contribution in [1.29, 1.82) is 10.5 Å². The number of nitrogens with zero attached hydrogens (tertiary/aromatic N) is 2. The van der Waals surface area contributed by atoms with E-state index in [0.717, 1.165) is 0 Å². The van der Waals surface area contributed by atoms with Crippen LogP contribution in [-0.4, -0.2) is 25.9 Å². The third-order valence-electron chi connectivity index (χ3n) is 3.89. The molecule has 7 heteroatoms. The van der Waals surface area contributed by atoms with Gasteiger partial charge in [0.25, 0.3) is 0 Å². The lowest BCUT2D eigenvalue weighted by Gasteiger charge is -2.12. The Hall–Kier alpha value is -3.06. The van der Waals surface area contributed by atoms with Crippen molar-refractivity contribution in [3.05, 3.63) is 23.8 Å². The van der Waals surface area contributed by atoms with Crippen LogP contribution in [0.2, 0.25) is 0 Å². The van der Waals surface area contributed by atoms with Crippen molar-refractivity contribution in [3.8, 4) is 23.6 Å². The molecule has 1 fully saturated rings. The second-order valence-electron chi connectivity index (χ2n) is 4.83. The van der Waals surface area contributed by atoms with Gasteiger partial charge in [-0.05, 0) is 12.1 Å². The Morgan fingerprint density at radius 3 is 2.36 bits per heavy atom. The number of nitrogens with two attached hydrogens (primary N) is 1.